The van der Waals surface area contributed by atoms with Crippen LogP contribution in [0.4, 0.5) is 0 Å². The number of hydrogen-bond acceptors (Lipinski definition) is 7. The van der Waals surface area contributed by atoms with Crippen molar-refractivity contribution in [2.45, 2.75) is 51.8 Å². The Hall–Kier alpha value is -2.76. The van der Waals surface area contributed by atoms with Gasteiger partial charge in [0.1, 0.15) is 12.9 Å². The number of aromatic nitrogens is 1. The predicted molar refractivity (Wildman–Crippen MR) is 166 cm³/mol. The lowest BCUT2D eigenvalue weighted by atomic mass is 9.72. The highest BCUT2D eigenvalue weighted by Crippen LogP contribution is 2.48. The van der Waals surface area contributed by atoms with Crippen molar-refractivity contribution in [1.29, 1.82) is 0 Å². The van der Waals surface area contributed by atoms with Gasteiger partial charge in [-0.15, -0.1) is 0 Å². The van der Waals surface area contributed by atoms with Crippen molar-refractivity contribution in [2.75, 3.05) is 27.6 Å². The van der Waals surface area contributed by atoms with Gasteiger partial charge < -0.3 is 28.4 Å². The third-order valence-electron chi connectivity index (χ3n) is 8.07. The lowest BCUT2D eigenvalue weighted by Crippen LogP contribution is -2.66. The zero-order chi connectivity index (χ0) is 29.8. The van der Waals surface area contributed by atoms with Crippen molar-refractivity contribution in [2.24, 2.45) is 10.6 Å². The number of rotatable bonds is 10. The average Bonchev–Trinajstić information content (AvgIpc) is 2.96. The van der Waals surface area contributed by atoms with Crippen molar-refractivity contribution in [3.05, 3.63) is 87.3 Å². The van der Waals surface area contributed by atoms with E-state index in [1.165, 1.54) is 17.5 Å². The van der Waals surface area contributed by atoms with Crippen molar-refractivity contribution in [3.8, 4) is 5.75 Å². The van der Waals surface area contributed by atoms with Crippen LogP contribution >= 0.6 is 15.9 Å². The van der Waals surface area contributed by atoms with Gasteiger partial charge in [0, 0.05) is 25.3 Å². The first-order valence-corrected chi connectivity index (χ1v) is 16.3. The maximum atomic E-state index is 13.1. The fourth-order valence-corrected chi connectivity index (χ4v) is 11.0. The second-order valence-corrected chi connectivity index (χ2v) is 16.7. The first-order valence-electron chi connectivity index (χ1n) is 13.6. The van der Waals surface area contributed by atoms with Gasteiger partial charge in [0.15, 0.2) is 5.75 Å². The monoisotopic (exact) mass is 642 g/mol. The van der Waals surface area contributed by atoms with Gasteiger partial charge in [-0.2, -0.15) is 0 Å². The molecule has 3 aromatic rings. The summed E-state index contributed by atoms with van der Waals surface area (Å²) >= 11 is 3.34. The van der Waals surface area contributed by atoms with Crippen LogP contribution in [0.1, 0.15) is 45.9 Å². The summed E-state index contributed by atoms with van der Waals surface area (Å²) in [7, 11) is 0.203. The van der Waals surface area contributed by atoms with E-state index < -0.39 is 19.8 Å². The summed E-state index contributed by atoms with van der Waals surface area (Å²) in [5.74, 6) is 0.177. The first kappa shape index (κ1) is 31.2. The number of methoxy groups -OCH3 is 2. The number of nitrogens with zero attached hydrogens (tertiary/aromatic N) is 2. The van der Waals surface area contributed by atoms with Gasteiger partial charge in [-0.05, 0) is 37.8 Å². The van der Waals surface area contributed by atoms with Crippen LogP contribution in [0, 0.1) is 5.41 Å². The minimum absolute atomic E-state index is 0.0259. The molecule has 0 radical (unpaired) electrons. The zero-order valence-corrected chi connectivity index (χ0v) is 27.1. The summed E-state index contributed by atoms with van der Waals surface area (Å²) in [5.41, 5.74) is -0.0420. The second kappa shape index (κ2) is 12.6. The molecule has 0 bridgehead atoms. The Labute approximate surface area is 251 Å². The number of fused-ring (bicyclic) bond motifs is 1. The first-order chi connectivity index (χ1) is 19.5. The normalized spacial score (nSPS) is 20.2. The van der Waals surface area contributed by atoms with Crippen LogP contribution in [0.25, 0.3) is 0 Å². The van der Waals surface area contributed by atoms with E-state index in [2.05, 4.69) is 90.4 Å². The Bertz CT molecular complexity index is 1380. The Morgan fingerprint density at radius 2 is 1.66 bits per heavy atom. The van der Waals surface area contributed by atoms with E-state index in [4.69, 9.17) is 18.6 Å². The highest BCUT2D eigenvalue weighted by molar-refractivity contribution is 9.10. The predicted octanol–water partition coefficient (Wildman–Crippen LogP) is 5.10. The summed E-state index contributed by atoms with van der Waals surface area (Å²) in [6.45, 7) is 9.27. The lowest BCUT2D eigenvalue weighted by Gasteiger charge is -2.46. The number of benzene rings is 2. The lowest BCUT2D eigenvalue weighted by molar-refractivity contribution is -0.112. The number of oxime groups is 1. The number of pyridine rings is 1. The smallest absolute Gasteiger partial charge is 0.261 e. The van der Waals surface area contributed by atoms with Crippen molar-refractivity contribution in [3.63, 3.8) is 0 Å². The fraction of sp³-hybridized carbons (Fsp3) is 0.419. The topological polar surface area (TPSA) is 91.5 Å². The molecule has 0 aliphatic carbocycles. The molecule has 1 aromatic heterocycles. The van der Waals surface area contributed by atoms with Gasteiger partial charge in [-0.1, -0.05) is 93.5 Å². The molecule has 2 unspecified atom stereocenters. The van der Waals surface area contributed by atoms with Gasteiger partial charge >= 0.3 is 0 Å². The van der Waals surface area contributed by atoms with Crippen LogP contribution in [-0.4, -0.2) is 51.4 Å². The highest BCUT2D eigenvalue weighted by atomic mass is 79.9. The Morgan fingerprint density at radius 1 is 1.07 bits per heavy atom. The molecular formula is C31H39BrN2O6Si. The molecule has 1 aliphatic heterocycles. The quantitative estimate of drug-likeness (QED) is 0.143. The standard InChI is InChI=1S/C31H39BrN2O6Si/c1-30(2,3)41(22-13-9-7-10-14-22,23-15-11-8-12-16-23)40-18-17-31(4)25(33-36)20-34-19-24(32)27(35)28(38-6)26(34)29(31)39-21-37-5/h7-16,19,29,36H,17-18,20-21H2,1-6H3/b33-25+. The van der Waals surface area contributed by atoms with Gasteiger partial charge in [0.2, 0.25) is 5.43 Å². The van der Waals surface area contributed by atoms with E-state index >= 15 is 0 Å². The Balaban J connectivity index is 1.80. The summed E-state index contributed by atoms with van der Waals surface area (Å²) < 4.78 is 26.5. The average molecular weight is 644 g/mol. The van der Waals surface area contributed by atoms with Crippen LogP contribution in [0.3, 0.4) is 0 Å². The molecule has 1 aliphatic rings. The Kier molecular flexibility index (Phi) is 9.60. The third kappa shape index (κ3) is 5.68. The van der Waals surface area contributed by atoms with Gasteiger partial charge in [0.25, 0.3) is 8.32 Å². The molecule has 4 rings (SSSR count). The molecule has 0 saturated carbocycles. The van der Waals surface area contributed by atoms with Crippen molar-refractivity contribution < 1.29 is 23.8 Å². The molecular weight excluding hydrogens is 604 g/mol. The van der Waals surface area contributed by atoms with Gasteiger partial charge in [-0.3, -0.25) is 4.79 Å². The summed E-state index contributed by atoms with van der Waals surface area (Å²) in [6.07, 6.45) is 1.42. The molecule has 8 nitrogen and oxygen atoms in total. The Morgan fingerprint density at radius 3 is 2.15 bits per heavy atom. The fourth-order valence-electron chi connectivity index (χ4n) is 6.01. The summed E-state index contributed by atoms with van der Waals surface area (Å²) in [5, 5.41) is 16.1. The number of hydrogen-bond donors (Lipinski definition) is 1. The minimum Gasteiger partial charge on any atom is -0.491 e. The molecule has 2 aromatic carbocycles. The molecule has 1 N–H and O–H groups in total. The maximum absolute atomic E-state index is 13.1. The number of halogens is 1. The SMILES string of the molecule is COCOC1c2c(OC)c(=O)c(Br)cn2C/C(=N\O)C1(C)CCO[Si](c1ccccc1)(c1ccccc1)C(C)(C)C. The number of ether oxygens (including phenoxy) is 3. The molecule has 41 heavy (non-hydrogen) atoms. The van der Waals surface area contributed by atoms with Crippen LogP contribution in [0.15, 0.2) is 81.3 Å². The van der Waals surface area contributed by atoms with Crippen molar-refractivity contribution in [1.82, 2.24) is 4.57 Å². The molecule has 2 atom stereocenters. The van der Waals surface area contributed by atoms with Crippen molar-refractivity contribution >= 4 is 40.3 Å². The molecule has 0 fully saturated rings. The molecule has 2 heterocycles. The van der Waals surface area contributed by atoms with E-state index in [0.717, 1.165) is 0 Å². The summed E-state index contributed by atoms with van der Waals surface area (Å²) in [4.78, 5) is 13.1. The van der Waals surface area contributed by atoms with E-state index in [0.29, 0.717) is 28.9 Å². The largest absolute Gasteiger partial charge is 0.491 e. The molecule has 10 heteroatoms. The highest BCUT2D eigenvalue weighted by Gasteiger charge is 2.52. The van der Waals surface area contributed by atoms with E-state index in [-0.39, 0.29) is 29.6 Å². The summed E-state index contributed by atoms with van der Waals surface area (Å²) in [6, 6.07) is 20.9. The van der Waals surface area contributed by atoms with Crippen LogP contribution < -0.4 is 20.5 Å². The second-order valence-electron chi connectivity index (χ2n) is 11.5. The third-order valence-corrected chi connectivity index (χ3v) is 13.7. The molecule has 0 saturated heterocycles. The maximum Gasteiger partial charge on any atom is 0.261 e. The minimum atomic E-state index is -2.81. The van der Waals surface area contributed by atoms with Gasteiger partial charge in [-0.25, -0.2) is 0 Å². The van der Waals surface area contributed by atoms with E-state index in [1.54, 1.807) is 13.3 Å². The molecule has 0 amide bonds. The van der Waals surface area contributed by atoms with Crippen LogP contribution in [-0.2, 0) is 20.4 Å². The van der Waals surface area contributed by atoms with E-state index in [1.807, 2.05) is 23.6 Å². The van der Waals surface area contributed by atoms with E-state index in [9.17, 15) is 10.0 Å². The van der Waals surface area contributed by atoms with Crippen LogP contribution in [0.5, 0.6) is 5.75 Å². The van der Waals surface area contributed by atoms with Crippen LogP contribution in [0.2, 0.25) is 5.04 Å². The molecule has 220 valence electrons. The van der Waals surface area contributed by atoms with Gasteiger partial charge in [0.05, 0.1) is 29.5 Å². The zero-order valence-electron chi connectivity index (χ0n) is 24.5. The molecule has 0 spiro atoms.